The molecule has 0 spiro atoms. The minimum absolute atomic E-state index is 0.0124. The Morgan fingerprint density at radius 2 is 1.86 bits per heavy atom. The molecule has 42 heavy (non-hydrogen) atoms. The molecule has 9 heteroatoms. The third kappa shape index (κ3) is 8.08. The van der Waals surface area contributed by atoms with Crippen LogP contribution in [0.15, 0.2) is 66.9 Å². The van der Waals surface area contributed by atoms with E-state index in [1.54, 1.807) is 43.5 Å². The van der Waals surface area contributed by atoms with Crippen LogP contribution >= 0.6 is 0 Å². The third-order valence-electron chi connectivity index (χ3n) is 7.55. The topological polar surface area (TPSA) is 96.0 Å². The monoisotopic (exact) mass is 573 g/mol. The number of hydrogen-bond acceptors (Lipinski definition) is 6. The molecule has 2 heterocycles. The Labute approximate surface area is 249 Å². The number of aromatic nitrogens is 1. The molecule has 1 aromatic heterocycles. The predicted molar refractivity (Wildman–Crippen MR) is 166 cm³/mol. The molecule has 3 aromatic rings. The maximum atomic E-state index is 13.6. The van der Waals surface area contributed by atoms with Gasteiger partial charge in [0, 0.05) is 63.3 Å². The number of rotatable bonds is 6. The number of ether oxygens (including phenoxy) is 2. The first kappa shape index (κ1) is 31.0. The Morgan fingerprint density at radius 3 is 2.52 bits per heavy atom. The molecular formula is C33H43N5O4. The van der Waals surface area contributed by atoms with E-state index in [0.717, 1.165) is 24.3 Å². The molecule has 0 fully saturated rings. The molecule has 4 rings (SSSR count). The summed E-state index contributed by atoms with van der Waals surface area (Å²) in [7, 11) is 3.47. The Kier molecular flexibility index (Phi) is 10.5. The molecule has 0 bridgehead atoms. The second-order valence-electron chi connectivity index (χ2n) is 11.4. The average molecular weight is 574 g/mol. The number of fused-ring (bicyclic) bond motifs is 1. The third-order valence-corrected chi connectivity index (χ3v) is 7.55. The van der Waals surface area contributed by atoms with E-state index in [4.69, 9.17) is 9.47 Å². The van der Waals surface area contributed by atoms with Crippen molar-refractivity contribution in [2.24, 2.45) is 5.92 Å². The van der Waals surface area contributed by atoms with Crippen molar-refractivity contribution in [1.82, 2.24) is 20.1 Å². The molecule has 1 aliphatic rings. The van der Waals surface area contributed by atoms with Crippen molar-refractivity contribution in [3.05, 3.63) is 78.0 Å². The molecule has 3 atom stereocenters. The lowest BCUT2D eigenvalue weighted by atomic mass is 10.0. The second kappa shape index (κ2) is 14.3. The highest BCUT2D eigenvalue weighted by molar-refractivity contribution is 5.99. The summed E-state index contributed by atoms with van der Waals surface area (Å²) in [5.41, 5.74) is 4.14. The molecule has 9 nitrogen and oxygen atoms in total. The quantitative estimate of drug-likeness (QED) is 0.416. The largest absolute Gasteiger partial charge is 0.491 e. The Morgan fingerprint density at radius 1 is 1.10 bits per heavy atom. The number of nitrogens with zero attached hydrogens (tertiary/aromatic N) is 3. The number of carbonyl (C=O) groups is 2. The normalized spacial score (nSPS) is 20.2. The molecule has 1 aliphatic heterocycles. The SMILES string of the molecule is CO[C@H]1CN(C)C(=O)c2cc(NC(=O)NC(C)C)ccc2OC[C@H](C)N(Cc2ccc(-c3ccccn3)cc2)C[C@H]1C. The number of methoxy groups -OCH3 is 1. The summed E-state index contributed by atoms with van der Waals surface area (Å²) in [6, 6.07) is 19.3. The van der Waals surface area contributed by atoms with Crippen LogP contribution in [-0.4, -0.2) is 78.8 Å². The van der Waals surface area contributed by atoms with Gasteiger partial charge in [0.2, 0.25) is 0 Å². The van der Waals surface area contributed by atoms with Gasteiger partial charge in [-0.25, -0.2) is 4.79 Å². The number of urea groups is 1. The van der Waals surface area contributed by atoms with Crippen LogP contribution in [0.3, 0.4) is 0 Å². The van der Waals surface area contributed by atoms with Crippen molar-refractivity contribution in [2.45, 2.75) is 52.4 Å². The number of pyridine rings is 1. The lowest BCUT2D eigenvalue weighted by Gasteiger charge is -2.36. The van der Waals surface area contributed by atoms with Crippen LogP contribution < -0.4 is 15.4 Å². The van der Waals surface area contributed by atoms with Crippen LogP contribution in [0.2, 0.25) is 0 Å². The maximum absolute atomic E-state index is 13.6. The van der Waals surface area contributed by atoms with Crippen molar-refractivity contribution in [1.29, 1.82) is 0 Å². The smallest absolute Gasteiger partial charge is 0.319 e. The van der Waals surface area contributed by atoms with E-state index in [1.807, 2.05) is 32.0 Å². The summed E-state index contributed by atoms with van der Waals surface area (Å²) < 4.78 is 12.2. The van der Waals surface area contributed by atoms with Crippen LogP contribution in [0.25, 0.3) is 11.3 Å². The fourth-order valence-electron chi connectivity index (χ4n) is 5.13. The van der Waals surface area contributed by atoms with E-state index < -0.39 is 0 Å². The molecule has 224 valence electrons. The van der Waals surface area contributed by atoms with Gasteiger partial charge in [0.05, 0.1) is 17.4 Å². The molecular weight excluding hydrogens is 530 g/mol. The van der Waals surface area contributed by atoms with Crippen LogP contribution in [-0.2, 0) is 11.3 Å². The van der Waals surface area contributed by atoms with E-state index in [2.05, 4.69) is 58.6 Å². The highest BCUT2D eigenvalue weighted by atomic mass is 16.5. The number of benzene rings is 2. The summed E-state index contributed by atoms with van der Waals surface area (Å²) in [4.78, 5) is 34.4. The van der Waals surface area contributed by atoms with Gasteiger partial charge in [0.15, 0.2) is 0 Å². The molecule has 0 unspecified atom stereocenters. The zero-order chi connectivity index (χ0) is 30.2. The first-order valence-corrected chi connectivity index (χ1v) is 14.5. The van der Waals surface area contributed by atoms with Crippen molar-refractivity contribution in [3.63, 3.8) is 0 Å². The standard InChI is InChI=1S/C33H43N5O4/c1-22(2)35-33(40)36-27-14-15-30-28(17-27)32(39)37(5)20-31(41-6)23(3)18-38(24(4)21-42-30)19-25-10-12-26(13-11-25)29-9-7-8-16-34-29/h7-17,22-24,31H,18-21H2,1-6H3,(H2,35,36,40)/t23-,24+,31+/m1/s1. The van der Waals surface area contributed by atoms with Crippen LogP contribution in [0, 0.1) is 5.92 Å². The van der Waals surface area contributed by atoms with E-state index in [9.17, 15) is 9.59 Å². The van der Waals surface area contributed by atoms with E-state index in [-0.39, 0.29) is 36.0 Å². The Bertz CT molecular complexity index is 1330. The molecule has 2 aromatic carbocycles. The van der Waals surface area contributed by atoms with E-state index in [0.29, 0.717) is 30.2 Å². The van der Waals surface area contributed by atoms with Gasteiger partial charge in [-0.2, -0.15) is 0 Å². The van der Waals surface area contributed by atoms with E-state index >= 15 is 0 Å². The summed E-state index contributed by atoms with van der Waals surface area (Å²) in [6.07, 6.45) is 1.64. The number of anilines is 1. The minimum atomic E-state index is -0.328. The van der Waals surface area contributed by atoms with Gasteiger partial charge in [0.25, 0.3) is 5.91 Å². The Balaban J connectivity index is 1.58. The zero-order valence-electron chi connectivity index (χ0n) is 25.5. The Hall–Kier alpha value is -3.95. The fraction of sp³-hybridized carbons (Fsp3) is 0.424. The number of amides is 3. The van der Waals surface area contributed by atoms with Gasteiger partial charge in [-0.3, -0.25) is 14.7 Å². The molecule has 0 saturated heterocycles. The van der Waals surface area contributed by atoms with Gasteiger partial charge in [-0.15, -0.1) is 0 Å². The summed E-state index contributed by atoms with van der Waals surface area (Å²) in [5, 5.41) is 5.62. The summed E-state index contributed by atoms with van der Waals surface area (Å²) >= 11 is 0. The summed E-state index contributed by atoms with van der Waals surface area (Å²) in [6.45, 7) is 10.4. The second-order valence-corrected chi connectivity index (χ2v) is 11.4. The fourth-order valence-corrected chi connectivity index (χ4v) is 5.13. The average Bonchev–Trinajstić information content (AvgIpc) is 2.98. The maximum Gasteiger partial charge on any atom is 0.319 e. The number of likely N-dealkylation sites (N-methyl/N-ethyl adjacent to an activating group) is 1. The molecule has 0 aliphatic carbocycles. The highest BCUT2D eigenvalue weighted by Crippen LogP contribution is 2.27. The zero-order valence-corrected chi connectivity index (χ0v) is 25.5. The lowest BCUT2D eigenvalue weighted by molar-refractivity contribution is 0.00922. The van der Waals surface area contributed by atoms with Gasteiger partial charge < -0.3 is 25.0 Å². The summed E-state index contributed by atoms with van der Waals surface area (Å²) in [5.74, 6) is 0.438. The van der Waals surface area contributed by atoms with Gasteiger partial charge in [-0.1, -0.05) is 37.3 Å². The lowest BCUT2D eigenvalue weighted by Crippen LogP contribution is -2.46. The predicted octanol–water partition coefficient (Wildman–Crippen LogP) is 5.28. The van der Waals surface area contributed by atoms with Crippen LogP contribution in [0.4, 0.5) is 10.5 Å². The first-order valence-electron chi connectivity index (χ1n) is 14.5. The minimum Gasteiger partial charge on any atom is -0.491 e. The molecule has 0 saturated carbocycles. The van der Waals surface area contributed by atoms with Gasteiger partial charge in [0.1, 0.15) is 12.4 Å². The van der Waals surface area contributed by atoms with Crippen molar-refractivity contribution >= 4 is 17.6 Å². The van der Waals surface area contributed by atoms with Crippen LogP contribution in [0.1, 0.15) is 43.6 Å². The number of hydrogen-bond donors (Lipinski definition) is 2. The van der Waals surface area contributed by atoms with Crippen LogP contribution in [0.5, 0.6) is 5.75 Å². The first-order chi connectivity index (χ1) is 20.1. The molecule has 3 amide bonds. The highest BCUT2D eigenvalue weighted by Gasteiger charge is 2.28. The van der Waals surface area contributed by atoms with Crippen molar-refractivity contribution in [3.8, 4) is 17.0 Å². The molecule has 2 N–H and O–H groups in total. The number of carbonyl (C=O) groups excluding carboxylic acids is 2. The van der Waals surface area contributed by atoms with Crippen molar-refractivity contribution in [2.75, 3.05) is 39.2 Å². The van der Waals surface area contributed by atoms with Gasteiger partial charge in [-0.05, 0) is 62.6 Å². The van der Waals surface area contributed by atoms with E-state index in [1.165, 1.54) is 5.56 Å². The van der Waals surface area contributed by atoms with Gasteiger partial charge >= 0.3 is 6.03 Å². The number of nitrogens with one attached hydrogen (secondary N) is 2. The molecule has 0 radical (unpaired) electrons. The van der Waals surface area contributed by atoms with Crippen molar-refractivity contribution < 1.29 is 19.1 Å².